The van der Waals surface area contributed by atoms with Crippen LogP contribution in [0.4, 0.5) is 5.13 Å². The SMILES string of the molecule is CCOC(=O)c1cc(-c2sc(NC(=O)C(C)(C)C)nc2C)[nH]n1. The number of anilines is 1. The molecule has 0 atom stereocenters. The maximum absolute atomic E-state index is 12.0. The molecule has 0 unspecified atom stereocenters. The smallest absolute Gasteiger partial charge is 0.358 e. The van der Waals surface area contributed by atoms with Gasteiger partial charge in [0.05, 0.1) is 22.9 Å². The third-order valence-corrected chi connectivity index (χ3v) is 4.11. The predicted octanol–water partition coefficient (Wildman–Crippen LogP) is 3.00. The Balaban J connectivity index is 2.22. The van der Waals surface area contributed by atoms with Gasteiger partial charge in [-0.3, -0.25) is 9.89 Å². The molecule has 0 aliphatic rings. The highest BCUT2D eigenvalue weighted by molar-refractivity contribution is 7.19. The maximum Gasteiger partial charge on any atom is 0.358 e. The lowest BCUT2D eigenvalue weighted by atomic mass is 9.96. The van der Waals surface area contributed by atoms with Crippen LogP contribution in [0.5, 0.6) is 0 Å². The van der Waals surface area contributed by atoms with E-state index < -0.39 is 11.4 Å². The average molecular weight is 336 g/mol. The number of aryl methyl sites for hydroxylation is 1. The summed E-state index contributed by atoms with van der Waals surface area (Å²) in [6, 6.07) is 1.62. The number of thiazole rings is 1. The van der Waals surface area contributed by atoms with E-state index in [4.69, 9.17) is 4.74 Å². The second-order valence-corrected chi connectivity index (χ2v) is 7.02. The van der Waals surface area contributed by atoms with E-state index in [0.29, 0.717) is 17.4 Å². The maximum atomic E-state index is 12.0. The lowest BCUT2D eigenvalue weighted by Crippen LogP contribution is -2.27. The summed E-state index contributed by atoms with van der Waals surface area (Å²) >= 11 is 1.33. The van der Waals surface area contributed by atoms with Gasteiger partial charge >= 0.3 is 5.97 Å². The van der Waals surface area contributed by atoms with Crippen molar-refractivity contribution in [1.29, 1.82) is 0 Å². The van der Waals surface area contributed by atoms with E-state index in [1.165, 1.54) is 11.3 Å². The Morgan fingerprint density at radius 1 is 1.39 bits per heavy atom. The van der Waals surface area contributed by atoms with Crippen LogP contribution in [0.15, 0.2) is 6.07 Å². The summed E-state index contributed by atoms with van der Waals surface area (Å²) in [6.07, 6.45) is 0. The largest absolute Gasteiger partial charge is 0.461 e. The van der Waals surface area contributed by atoms with Gasteiger partial charge in [0.1, 0.15) is 0 Å². The molecule has 2 N–H and O–H groups in total. The number of hydrogen-bond acceptors (Lipinski definition) is 6. The molecule has 0 spiro atoms. The van der Waals surface area contributed by atoms with E-state index >= 15 is 0 Å². The van der Waals surface area contributed by atoms with Crippen molar-refractivity contribution in [2.24, 2.45) is 5.41 Å². The topological polar surface area (TPSA) is 97.0 Å². The van der Waals surface area contributed by atoms with Crippen molar-refractivity contribution in [3.63, 3.8) is 0 Å². The van der Waals surface area contributed by atoms with Crippen molar-refractivity contribution in [3.05, 3.63) is 17.5 Å². The number of nitrogens with zero attached hydrogens (tertiary/aromatic N) is 2. The van der Waals surface area contributed by atoms with Gasteiger partial charge in [-0.2, -0.15) is 5.10 Å². The van der Waals surface area contributed by atoms with Crippen LogP contribution in [0.3, 0.4) is 0 Å². The molecule has 2 aromatic heterocycles. The fraction of sp³-hybridized carbons (Fsp3) is 0.467. The Morgan fingerprint density at radius 3 is 2.70 bits per heavy atom. The fourth-order valence-electron chi connectivity index (χ4n) is 1.73. The number of hydrogen-bond donors (Lipinski definition) is 2. The van der Waals surface area contributed by atoms with E-state index in [2.05, 4.69) is 20.5 Å². The first-order valence-electron chi connectivity index (χ1n) is 7.24. The molecule has 1 amide bonds. The molecule has 0 saturated heterocycles. The Morgan fingerprint density at radius 2 is 2.09 bits per heavy atom. The number of nitrogens with one attached hydrogen (secondary N) is 2. The molecular weight excluding hydrogens is 316 g/mol. The predicted molar refractivity (Wildman–Crippen MR) is 88.5 cm³/mol. The van der Waals surface area contributed by atoms with Crippen LogP contribution in [0.25, 0.3) is 10.6 Å². The minimum atomic E-state index is -0.495. The summed E-state index contributed by atoms with van der Waals surface area (Å²) in [5.74, 6) is -0.576. The first-order chi connectivity index (χ1) is 10.7. The number of ether oxygens (including phenoxy) is 1. The van der Waals surface area contributed by atoms with Gasteiger partial charge < -0.3 is 10.1 Å². The summed E-state index contributed by atoms with van der Waals surface area (Å²) < 4.78 is 4.91. The summed E-state index contributed by atoms with van der Waals surface area (Å²) in [7, 11) is 0. The summed E-state index contributed by atoms with van der Waals surface area (Å²) in [6.45, 7) is 9.38. The Bertz CT molecular complexity index is 727. The summed E-state index contributed by atoms with van der Waals surface area (Å²) in [5, 5.41) is 10.1. The van der Waals surface area contributed by atoms with Crippen molar-refractivity contribution in [2.45, 2.75) is 34.6 Å². The lowest BCUT2D eigenvalue weighted by Gasteiger charge is -2.15. The van der Waals surface area contributed by atoms with Crippen molar-refractivity contribution in [3.8, 4) is 10.6 Å². The molecule has 0 aliphatic carbocycles. The number of esters is 1. The zero-order valence-corrected chi connectivity index (χ0v) is 14.6. The highest BCUT2D eigenvalue weighted by Crippen LogP contribution is 2.32. The van der Waals surface area contributed by atoms with Gasteiger partial charge in [0.25, 0.3) is 0 Å². The minimum absolute atomic E-state index is 0.102. The Labute approximate surface area is 138 Å². The molecule has 124 valence electrons. The van der Waals surface area contributed by atoms with E-state index in [9.17, 15) is 9.59 Å². The second kappa shape index (κ2) is 6.49. The molecule has 0 fully saturated rings. The minimum Gasteiger partial charge on any atom is -0.461 e. The highest BCUT2D eigenvalue weighted by Gasteiger charge is 2.23. The molecule has 0 saturated carbocycles. The molecule has 0 aliphatic heterocycles. The van der Waals surface area contributed by atoms with E-state index in [1.807, 2.05) is 27.7 Å². The monoisotopic (exact) mass is 336 g/mol. The number of aromatic nitrogens is 3. The number of aromatic amines is 1. The number of carbonyl (C=O) groups is 2. The normalized spacial score (nSPS) is 11.3. The molecule has 0 aromatic carbocycles. The van der Waals surface area contributed by atoms with Crippen LogP contribution >= 0.6 is 11.3 Å². The van der Waals surface area contributed by atoms with Gasteiger partial charge in [-0.1, -0.05) is 32.1 Å². The zero-order valence-electron chi connectivity index (χ0n) is 13.8. The highest BCUT2D eigenvalue weighted by atomic mass is 32.1. The number of amides is 1. The number of carbonyl (C=O) groups excluding carboxylic acids is 2. The van der Waals surface area contributed by atoms with Crippen molar-refractivity contribution >= 4 is 28.3 Å². The van der Waals surface area contributed by atoms with Gasteiger partial charge in [0.2, 0.25) is 5.91 Å². The Kier molecular flexibility index (Phi) is 4.84. The van der Waals surface area contributed by atoms with Gasteiger partial charge in [-0.25, -0.2) is 9.78 Å². The first kappa shape index (κ1) is 17.1. The van der Waals surface area contributed by atoms with Crippen LogP contribution in [-0.2, 0) is 9.53 Å². The molecule has 8 heteroatoms. The van der Waals surface area contributed by atoms with E-state index in [1.54, 1.807) is 13.0 Å². The first-order valence-corrected chi connectivity index (χ1v) is 8.05. The van der Waals surface area contributed by atoms with Gasteiger partial charge in [-0.05, 0) is 19.9 Å². The quantitative estimate of drug-likeness (QED) is 0.837. The van der Waals surface area contributed by atoms with Gasteiger partial charge in [-0.15, -0.1) is 0 Å². The van der Waals surface area contributed by atoms with Crippen molar-refractivity contribution in [2.75, 3.05) is 11.9 Å². The molecule has 2 heterocycles. The van der Waals surface area contributed by atoms with Crippen LogP contribution in [-0.4, -0.2) is 33.7 Å². The van der Waals surface area contributed by atoms with Gasteiger partial charge in [0, 0.05) is 5.41 Å². The number of H-pyrrole nitrogens is 1. The summed E-state index contributed by atoms with van der Waals surface area (Å²) in [5.41, 5.74) is 1.14. The molecule has 0 radical (unpaired) electrons. The molecule has 7 nitrogen and oxygen atoms in total. The molecule has 0 bridgehead atoms. The molecule has 23 heavy (non-hydrogen) atoms. The summed E-state index contributed by atoms with van der Waals surface area (Å²) in [4.78, 5) is 28.9. The van der Waals surface area contributed by atoms with Crippen LogP contribution in [0, 0.1) is 12.3 Å². The average Bonchev–Trinajstić information content (AvgIpc) is 3.04. The third-order valence-electron chi connectivity index (χ3n) is 3.01. The van der Waals surface area contributed by atoms with Crippen molar-refractivity contribution < 1.29 is 14.3 Å². The lowest BCUT2D eigenvalue weighted by molar-refractivity contribution is -0.123. The van der Waals surface area contributed by atoms with Crippen LogP contribution in [0.1, 0.15) is 43.9 Å². The molecule has 2 rings (SSSR count). The fourth-order valence-corrected chi connectivity index (χ4v) is 2.66. The standard InChI is InChI=1S/C15H20N4O3S/c1-6-22-12(20)10-7-9(18-19-10)11-8(2)16-14(23-11)17-13(21)15(3,4)5/h7H,6H2,1-5H3,(H,18,19)(H,16,17,21). The zero-order chi connectivity index (χ0) is 17.2. The van der Waals surface area contributed by atoms with Crippen molar-refractivity contribution in [1.82, 2.24) is 15.2 Å². The second-order valence-electron chi connectivity index (χ2n) is 6.03. The third kappa shape index (κ3) is 3.95. The Hall–Kier alpha value is -2.22. The number of rotatable bonds is 4. The van der Waals surface area contributed by atoms with Crippen LogP contribution < -0.4 is 5.32 Å². The van der Waals surface area contributed by atoms with Gasteiger partial charge in [0.15, 0.2) is 10.8 Å². The van der Waals surface area contributed by atoms with E-state index in [-0.39, 0.29) is 11.6 Å². The molecular formula is C15H20N4O3S. The van der Waals surface area contributed by atoms with Crippen LogP contribution in [0.2, 0.25) is 0 Å². The van der Waals surface area contributed by atoms with E-state index in [0.717, 1.165) is 10.6 Å². The molecule has 2 aromatic rings.